The lowest BCUT2D eigenvalue weighted by molar-refractivity contribution is -0.306. The summed E-state index contributed by atoms with van der Waals surface area (Å²) in [5, 5.41) is 7.90. The van der Waals surface area contributed by atoms with Crippen molar-refractivity contribution in [2.75, 3.05) is 6.54 Å². The maximum absolute atomic E-state index is 12.2. The molecule has 1 aliphatic rings. The van der Waals surface area contributed by atoms with Crippen LogP contribution in [0.1, 0.15) is 59.1 Å². The Morgan fingerprint density at radius 1 is 1.38 bits per heavy atom. The van der Waals surface area contributed by atoms with Crippen LogP contribution in [0.2, 0.25) is 0 Å². The minimum absolute atomic E-state index is 0.0574. The molecule has 0 aliphatic carbocycles. The van der Waals surface area contributed by atoms with E-state index < -0.39 is 5.60 Å². The molecule has 0 spiro atoms. The normalized spacial score (nSPS) is 21.9. The molecule has 0 bridgehead atoms. The molecular weight excluding hydrogens is 302 g/mol. The topological polar surface area (TPSA) is 49.8 Å². The van der Waals surface area contributed by atoms with E-state index in [4.69, 9.17) is 5.26 Å². The van der Waals surface area contributed by atoms with Gasteiger partial charge in [0, 0.05) is 13.0 Å². The predicted molar refractivity (Wildman–Crippen MR) is 97.6 cm³/mol. The SMILES string of the molecule is C=CC[C@]1(C)CC(=O)N([C@H](C)c2ccccc2)C1.CC(C)(C)OO. The van der Waals surface area contributed by atoms with Crippen LogP contribution >= 0.6 is 0 Å². The third-order valence-corrected chi connectivity index (χ3v) is 4.11. The molecule has 0 radical (unpaired) electrons. The fourth-order valence-electron chi connectivity index (χ4n) is 2.77. The lowest BCUT2D eigenvalue weighted by Crippen LogP contribution is -2.30. The van der Waals surface area contributed by atoms with Gasteiger partial charge in [0.15, 0.2) is 0 Å². The van der Waals surface area contributed by atoms with Crippen LogP contribution in [-0.4, -0.2) is 28.2 Å². The van der Waals surface area contributed by atoms with Gasteiger partial charge in [0.2, 0.25) is 5.91 Å². The van der Waals surface area contributed by atoms with E-state index in [1.807, 2.05) is 29.2 Å². The van der Waals surface area contributed by atoms with Crippen molar-refractivity contribution in [2.24, 2.45) is 5.41 Å². The second kappa shape index (κ2) is 8.45. The van der Waals surface area contributed by atoms with E-state index in [1.54, 1.807) is 20.8 Å². The Morgan fingerprint density at radius 2 is 1.92 bits per heavy atom. The summed E-state index contributed by atoms with van der Waals surface area (Å²) in [7, 11) is 0. The molecule has 1 aromatic carbocycles. The van der Waals surface area contributed by atoms with Gasteiger partial charge in [-0.15, -0.1) is 6.58 Å². The largest absolute Gasteiger partial charge is 0.335 e. The Hall–Kier alpha value is -1.65. The van der Waals surface area contributed by atoms with Gasteiger partial charge in [0.1, 0.15) is 0 Å². The van der Waals surface area contributed by atoms with Gasteiger partial charge in [-0.25, -0.2) is 4.89 Å². The lowest BCUT2D eigenvalue weighted by Gasteiger charge is -2.28. The number of likely N-dealkylation sites (tertiary alicyclic amines) is 1. The average molecular weight is 333 g/mol. The highest BCUT2D eigenvalue weighted by Gasteiger charge is 2.40. The molecule has 1 N–H and O–H groups in total. The number of carbonyl (C=O) groups is 1. The van der Waals surface area contributed by atoms with Gasteiger partial charge in [-0.1, -0.05) is 43.3 Å². The van der Waals surface area contributed by atoms with Crippen LogP contribution in [0.15, 0.2) is 43.0 Å². The molecule has 24 heavy (non-hydrogen) atoms. The first-order valence-corrected chi connectivity index (χ1v) is 8.40. The summed E-state index contributed by atoms with van der Waals surface area (Å²) < 4.78 is 0. The van der Waals surface area contributed by atoms with Crippen molar-refractivity contribution in [3.05, 3.63) is 48.6 Å². The summed E-state index contributed by atoms with van der Waals surface area (Å²) in [6.07, 6.45) is 3.46. The van der Waals surface area contributed by atoms with E-state index in [2.05, 4.69) is 37.4 Å². The van der Waals surface area contributed by atoms with E-state index in [9.17, 15) is 4.79 Å². The number of benzene rings is 1. The maximum Gasteiger partial charge on any atom is 0.223 e. The standard InChI is InChI=1S/C16H21NO.C4H10O2/c1-4-10-16(3)11-15(18)17(12-16)13(2)14-8-6-5-7-9-14;1-4(2,3)6-5/h4-9,13H,1,10-12H2,2-3H3;5H,1-3H3/t13-,16-;/m1./s1. The zero-order valence-electron chi connectivity index (χ0n) is 15.6. The molecule has 1 amide bonds. The average Bonchev–Trinajstić information content (AvgIpc) is 2.82. The quantitative estimate of drug-likeness (QED) is 0.487. The summed E-state index contributed by atoms with van der Waals surface area (Å²) in [6.45, 7) is 14.2. The van der Waals surface area contributed by atoms with Crippen molar-refractivity contribution >= 4 is 5.91 Å². The summed E-state index contributed by atoms with van der Waals surface area (Å²) in [4.78, 5) is 18.1. The van der Waals surface area contributed by atoms with Crippen LogP contribution in [0.5, 0.6) is 0 Å². The summed E-state index contributed by atoms with van der Waals surface area (Å²) in [5.74, 6) is 0.260. The second-order valence-electron chi connectivity index (χ2n) is 7.79. The Balaban J connectivity index is 0.000000413. The Morgan fingerprint density at radius 3 is 2.38 bits per heavy atom. The fraction of sp³-hybridized carbons (Fsp3) is 0.550. The van der Waals surface area contributed by atoms with E-state index in [0.717, 1.165) is 13.0 Å². The molecule has 4 heteroatoms. The number of nitrogens with zero attached hydrogens (tertiary/aromatic N) is 1. The van der Waals surface area contributed by atoms with Gasteiger partial charge in [0.05, 0.1) is 11.6 Å². The van der Waals surface area contributed by atoms with Gasteiger partial charge in [-0.3, -0.25) is 10.1 Å². The van der Waals surface area contributed by atoms with Crippen LogP contribution < -0.4 is 0 Å². The highest BCUT2D eigenvalue weighted by Crippen LogP contribution is 2.38. The molecule has 2 rings (SSSR count). The molecule has 1 fully saturated rings. The minimum atomic E-state index is -0.403. The van der Waals surface area contributed by atoms with Crippen LogP contribution in [0.25, 0.3) is 0 Å². The lowest BCUT2D eigenvalue weighted by atomic mass is 9.86. The molecule has 1 saturated heterocycles. The highest BCUT2D eigenvalue weighted by molar-refractivity contribution is 5.80. The van der Waals surface area contributed by atoms with Crippen molar-refractivity contribution in [3.63, 3.8) is 0 Å². The molecular formula is C20H31NO3. The first-order chi connectivity index (χ1) is 11.1. The van der Waals surface area contributed by atoms with E-state index in [-0.39, 0.29) is 17.4 Å². The van der Waals surface area contributed by atoms with Crippen molar-refractivity contribution in [3.8, 4) is 0 Å². The monoisotopic (exact) mass is 333 g/mol. The van der Waals surface area contributed by atoms with E-state index >= 15 is 0 Å². The van der Waals surface area contributed by atoms with Crippen molar-refractivity contribution in [1.29, 1.82) is 0 Å². The summed E-state index contributed by atoms with van der Waals surface area (Å²) >= 11 is 0. The third-order valence-electron chi connectivity index (χ3n) is 4.11. The molecule has 1 heterocycles. The minimum Gasteiger partial charge on any atom is -0.335 e. The van der Waals surface area contributed by atoms with Gasteiger partial charge in [-0.2, -0.15) is 0 Å². The third kappa shape index (κ3) is 6.10. The van der Waals surface area contributed by atoms with Gasteiger partial charge in [-0.05, 0) is 45.1 Å². The Labute approximate surface area is 146 Å². The first-order valence-electron chi connectivity index (χ1n) is 8.40. The van der Waals surface area contributed by atoms with Crippen LogP contribution in [0, 0.1) is 5.41 Å². The molecule has 0 aromatic heterocycles. The molecule has 4 nitrogen and oxygen atoms in total. The van der Waals surface area contributed by atoms with Crippen molar-refractivity contribution < 1.29 is 14.9 Å². The Kier molecular flexibility index (Phi) is 7.18. The molecule has 0 unspecified atom stereocenters. The van der Waals surface area contributed by atoms with Crippen molar-refractivity contribution in [1.82, 2.24) is 4.90 Å². The number of carbonyl (C=O) groups excluding carboxylic acids is 1. The van der Waals surface area contributed by atoms with Crippen LogP contribution in [0.3, 0.4) is 0 Å². The number of rotatable bonds is 4. The van der Waals surface area contributed by atoms with Gasteiger partial charge in [0.25, 0.3) is 0 Å². The zero-order chi connectivity index (χ0) is 18.4. The maximum atomic E-state index is 12.2. The summed E-state index contributed by atoms with van der Waals surface area (Å²) in [6, 6.07) is 10.4. The van der Waals surface area contributed by atoms with Crippen LogP contribution in [0.4, 0.5) is 0 Å². The molecule has 1 aliphatic heterocycles. The molecule has 1 aromatic rings. The smallest absolute Gasteiger partial charge is 0.223 e. The van der Waals surface area contributed by atoms with Gasteiger partial charge >= 0.3 is 0 Å². The molecule has 0 saturated carbocycles. The highest BCUT2D eigenvalue weighted by atomic mass is 17.1. The fourth-order valence-corrected chi connectivity index (χ4v) is 2.77. The zero-order valence-corrected chi connectivity index (χ0v) is 15.6. The van der Waals surface area contributed by atoms with Crippen LogP contribution in [-0.2, 0) is 9.68 Å². The first kappa shape index (κ1) is 20.4. The van der Waals surface area contributed by atoms with Gasteiger partial charge < -0.3 is 4.90 Å². The number of hydrogen-bond acceptors (Lipinski definition) is 3. The second-order valence-corrected chi connectivity index (χ2v) is 7.79. The number of amides is 1. The molecule has 2 atom stereocenters. The number of hydrogen-bond donors (Lipinski definition) is 1. The molecule has 134 valence electrons. The van der Waals surface area contributed by atoms with E-state index in [0.29, 0.717) is 6.42 Å². The Bertz CT molecular complexity index is 536. The predicted octanol–water partition coefficient (Wildman–Crippen LogP) is 4.84. The summed E-state index contributed by atoms with van der Waals surface area (Å²) in [5.41, 5.74) is 0.857. The van der Waals surface area contributed by atoms with E-state index in [1.165, 1.54) is 5.56 Å². The van der Waals surface area contributed by atoms with Crippen molar-refractivity contribution in [2.45, 2.75) is 59.1 Å². The number of allylic oxidation sites excluding steroid dienone is 1.